The van der Waals surface area contributed by atoms with Crippen molar-refractivity contribution in [1.29, 1.82) is 0 Å². The lowest BCUT2D eigenvalue weighted by atomic mass is 9.86. The fourth-order valence-electron chi connectivity index (χ4n) is 1.69. The van der Waals surface area contributed by atoms with Gasteiger partial charge in [0.1, 0.15) is 0 Å². The molecule has 1 fully saturated rings. The zero-order valence-electron chi connectivity index (χ0n) is 6.77. The molecule has 2 heteroatoms. The summed E-state index contributed by atoms with van der Waals surface area (Å²) in [5, 5.41) is 3.31. The van der Waals surface area contributed by atoms with Gasteiger partial charge in [-0.05, 0) is 45.2 Å². The van der Waals surface area contributed by atoms with Crippen molar-refractivity contribution in [3.05, 3.63) is 0 Å². The normalized spacial score (nSPS) is 34.2. The first-order valence-corrected chi connectivity index (χ1v) is 4.24. The lowest BCUT2D eigenvalue weighted by Gasteiger charge is -2.26. The maximum atomic E-state index is 5.57. The van der Waals surface area contributed by atoms with Crippen LogP contribution < -0.4 is 11.1 Å². The second-order valence-electron chi connectivity index (χ2n) is 3.24. The lowest BCUT2D eigenvalue weighted by molar-refractivity contribution is 0.307. The van der Waals surface area contributed by atoms with Crippen LogP contribution in [0.4, 0.5) is 0 Å². The van der Waals surface area contributed by atoms with E-state index >= 15 is 0 Å². The average Bonchev–Trinajstić information content (AvgIpc) is 2.05. The zero-order chi connectivity index (χ0) is 7.40. The van der Waals surface area contributed by atoms with Gasteiger partial charge >= 0.3 is 0 Å². The molecule has 0 saturated heterocycles. The summed E-state index contributed by atoms with van der Waals surface area (Å²) in [5.41, 5.74) is 5.57. The van der Waals surface area contributed by atoms with Crippen molar-refractivity contribution in [1.82, 2.24) is 5.32 Å². The van der Waals surface area contributed by atoms with Gasteiger partial charge in [-0.25, -0.2) is 0 Å². The Balaban J connectivity index is 2.17. The number of rotatable bonds is 2. The van der Waals surface area contributed by atoms with E-state index in [1.165, 1.54) is 25.7 Å². The van der Waals surface area contributed by atoms with Crippen molar-refractivity contribution in [2.45, 2.75) is 31.7 Å². The van der Waals surface area contributed by atoms with E-state index in [9.17, 15) is 0 Å². The third-order valence-electron chi connectivity index (χ3n) is 2.59. The molecule has 1 aliphatic rings. The molecule has 0 unspecified atom stereocenters. The summed E-state index contributed by atoms with van der Waals surface area (Å²) in [6.45, 7) is 0.885. The molecule has 0 heterocycles. The highest BCUT2D eigenvalue weighted by molar-refractivity contribution is 4.75. The Kier molecular flexibility index (Phi) is 3.16. The molecule has 0 aromatic carbocycles. The molecule has 0 spiro atoms. The molecule has 1 aliphatic carbocycles. The van der Waals surface area contributed by atoms with Gasteiger partial charge in [0.05, 0.1) is 0 Å². The van der Waals surface area contributed by atoms with Crippen molar-refractivity contribution >= 4 is 0 Å². The molecule has 60 valence electrons. The molecule has 0 bridgehead atoms. The molecule has 1 rings (SSSR count). The van der Waals surface area contributed by atoms with Crippen LogP contribution in [0.5, 0.6) is 0 Å². The molecule has 0 aromatic rings. The summed E-state index contributed by atoms with van der Waals surface area (Å²) in [6.07, 6.45) is 5.28. The van der Waals surface area contributed by atoms with Gasteiger partial charge in [0.15, 0.2) is 0 Å². The fourth-order valence-corrected chi connectivity index (χ4v) is 1.69. The minimum atomic E-state index is 0.766. The van der Waals surface area contributed by atoms with Gasteiger partial charge < -0.3 is 11.1 Å². The van der Waals surface area contributed by atoms with Crippen LogP contribution in [0.1, 0.15) is 25.7 Å². The van der Waals surface area contributed by atoms with Gasteiger partial charge in [-0.1, -0.05) is 0 Å². The van der Waals surface area contributed by atoms with Crippen molar-refractivity contribution in [2.24, 2.45) is 11.7 Å². The predicted octanol–water partition coefficient (Wildman–Crippen LogP) is 0.723. The quantitative estimate of drug-likeness (QED) is 0.596. The number of hydrogen-bond acceptors (Lipinski definition) is 2. The van der Waals surface area contributed by atoms with Gasteiger partial charge in [0, 0.05) is 6.04 Å². The van der Waals surface area contributed by atoms with Crippen molar-refractivity contribution in [3.8, 4) is 0 Å². The summed E-state index contributed by atoms with van der Waals surface area (Å²) in [7, 11) is 2.05. The van der Waals surface area contributed by atoms with E-state index in [-0.39, 0.29) is 0 Å². The molecule has 0 amide bonds. The first-order valence-electron chi connectivity index (χ1n) is 4.24. The fraction of sp³-hybridized carbons (Fsp3) is 1.00. The smallest absolute Gasteiger partial charge is 0.00642 e. The maximum absolute atomic E-state index is 5.57. The first-order chi connectivity index (χ1) is 4.86. The van der Waals surface area contributed by atoms with E-state index in [0.29, 0.717) is 0 Å². The first kappa shape index (κ1) is 8.02. The predicted molar refractivity (Wildman–Crippen MR) is 43.9 cm³/mol. The molecule has 2 nitrogen and oxygen atoms in total. The summed E-state index contributed by atoms with van der Waals surface area (Å²) in [4.78, 5) is 0. The SMILES string of the molecule is CN[C@H]1CC[C@H](CN)CC1. The number of nitrogens with two attached hydrogens (primary N) is 1. The van der Waals surface area contributed by atoms with Crippen LogP contribution in [0.15, 0.2) is 0 Å². The van der Waals surface area contributed by atoms with E-state index < -0.39 is 0 Å². The average molecular weight is 142 g/mol. The third kappa shape index (κ3) is 1.96. The molecular weight excluding hydrogens is 124 g/mol. The van der Waals surface area contributed by atoms with Crippen LogP contribution >= 0.6 is 0 Å². The Labute approximate surface area is 63.2 Å². The highest BCUT2D eigenvalue weighted by Crippen LogP contribution is 2.22. The van der Waals surface area contributed by atoms with E-state index in [1.807, 2.05) is 7.05 Å². The van der Waals surface area contributed by atoms with Gasteiger partial charge in [0.2, 0.25) is 0 Å². The van der Waals surface area contributed by atoms with Crippen molar-refractivity contribution in [3.63, 3.8) is 0 Å². The zero-order valence-corrected chi connectivity index (χ0v) is 6.77. The monoisotopic (exact) mass is 142 g/mol. The van der Waals surface area contributed by atoms with Crippen LogP contribution in [-0.2, 0) is 0 Å². The maximum Gasteiger partial charge on any atom is 0.00642 e. The van der Waals surface area contributed by atoms with Crippen LogP contribution in [-0.4, -0.2) is 19.6 Å². The molecule has 0 aromatic heterocycles. The van der Waals surface area contributed by atoms with Crippen molar-refractivity contribution in [2.75, 3.05) is 13.6 Å². The topological polar surface area (TPSA) is 38.0 Å². The Morgan fingerprint density at radius 1 is 1.30 bits per heavy atom. The minimum absolute atomic E-state index is 0.766. The van der Waals surface area contributed by atoms with E-state index in [2.05, 4.69) is 5.32 Å². The summed E-state index contributed by atoms with van der Waals surface area (Å²) in [6, 6.07) is 0.766. The number of nitrogens with one attached hydrogen (secondary N) is 1. The largest absolute Gasteiger partial charge is 0.330 e. The molecule has 0 atom stereocenters. The summed E-state index contributed by atoms with van der Waals surface area (Å²) >= 11 is 0. The van der Waals surface area contributed by atoms with E-state index in [4.69, 9.17) is 5.73 Å². The van der Waals surface area contributed by atoms with E-state index in [0.717, 1.165) is 18.5 Å². The van der Waals surface area contributed by atoms with Crippen LogP contribution in [0.3, 0.4) is 0 Å². The highest BCUT2D eigenvalue weighted by Gasteiger charge is 2.17. The van der Waals surface area contributed by atoms with Crippen LogP contribution in [0.25, 0.3) is 0 Å². The van der Waals surface area contributed by atoms with Gasteiger partial charge in [0.25, 0.3) is 0 Å². The Morgan fingerprint density at radius 3 is 2.30 bits per heavy atom. The van der Waals surface area contributed by atoms with Crippen LogP contribution in [0, 0.1) is 5.92 Å². The molecule has 0 radical (unpaired) electrons. The van der Waals surface area contributed by atoms with Crippen LogP contribution in [0.2, 0.25) is 0 Å². The molecule has 3 N–H and O–H groups in total. The minimum Gasteiger partial charge on any atom is -0.330 e. The molecule has 10 heavy (non-hydrogen) atoms. The molecular formula is C8H18N2. The van der Waals surface area contributed by atoms with Gasteiger partial charge in [-0.15, -0.1) is 0 Å². The van der Waals surface area contributed by atoms with E-state index in [1.54, 1.807) is 0 Å². The standard InChI is InChI=1S/C8H18N2/c1-10-8-4-2-7(6-9)3-5-8/h7-8,10H,2-6,9H2,1H3/t7-,8-. The second kappa shape index (κ2) is 3.94. The summed E-state index contributed by atoms with van der Waals surface area (Å²) in [5.74, 6) is 0.810. The Hall–Kier alpha value is -0.0800. The van der Waals surface area contributed by atoms with Gasteiger partial charge in [-0.3, -0.25) is 0 Å². The Morgan fingerprint density at radius 2 is 1.90 bits per heavy atom. The number of hydrogen-bond donors (Lipinski definition) is 2. The summed E-state index contributed by atoms with van der Waals surface area (Å²) < 4.78 is 0. The third-order valence-corrected chi connectivity index (χ3v) is 2.59. The lowest BCUT2D eigenvalue weighted by Crippen LogP contribution is -2.32. The molecule has 1 saturated carbocycles. The Bertz CT molecular complexity index is 73.3. The second-order valence-corrected chi connectivity index (χ2v) is 3.24. The van der Waals surface area contributed by atoms with Gasteiger partial charge in [-0.2, -0.15) is 0 Å². The van der Waals surface area contributed by atoms with Crippen molar-refractivity contribution < 1.29 is 0 Å². The molecule has 0 aliphatic heterocycles. The highest BCUT2D eigenvalue weighted by atomic mass is 14.9.